The molecular formula is C51H102O12S5Si7. The molecule has 3 rings (SSSR count). The first kappa shape index (κ1) is 77.5. The number of benzene rings is 3. The fraction of sp³-hybridized carbons (Fsp3) is 0.647. The zero-order valence-electron chi connectivity index (χ0n) is 47.5. The van der Waals surface area contributed by atoms with Crippen molar-refractivity contribution in [2.24, 2.45) is 0 Å². The van der Waals surface area contributed by atoms with E-state index < -0.39 is 60.2 Å². The Morgan fingerprint density at radius 1 is 0.293 bits per heavy atom. The van der Waals surface area contributed by atoms with E-state index in [1.807, 2.05) is 66.7 Å². The summed E-state index contributed by atoms with van der Waals surface area (Å²) in [7, 11) is -16.0. The van der Waals surface area contributed by atoms with Crippen LogP contribution in [-0.2, 0) is 52.2 Å². The third kappa shape index (κ3) is 35.1. The largest absolute Gasteiger partial charge is 0.537 e. The summed E-state index contributed by atoms with van der Waals surface area (Å²) in [5.74, 6) is 3.41. The molecule has 75 heavy (non-hydrogen) atoms. The maximum Gasteiger partial charge on any atom is 0.537 e. The highest BCUT2D eigenvalue weighted by molar-refractivity contribution is 7.80. The molecule has 12 nitrogen and oxygen atoms in total. The van der Waals surface area contributed by atoms with Crippen molar-refractivity contribution in [2.45, 2.75) is 126 Å². The first-order valence-corrected chi connectivity index (χ1v) is 46.8. The van der Waals surface area contributed by atoms with Crippen LogP contribution in [0.2, 0.25) is 65.5 Å². The minimum absolute atomic E-state index is 0. The van der Waals surface area contributed by atoms with Gasteiger partial charge in [-0.3, -0.25) is 0 Å². The third-order valence-corrected chi connectivity index (χ3v) is 32.0. The minimum Gasteiger partial charge on any atom is -0.415 e. The van der Waals surface area contributed by atoms with Crippen molar-refractivity contribution in [3.05, 3.63) is 91.0 Å². The topological polar surface area (TPSA) is 111 Å². The molecule has 0 aliphatic rings. The second kappa shape index (κ2) is 43.2. The average molecular weight is 1260 g/mol. The Morgan fingerprint density at radius 3 is 0.840 bits per heavy atom. The Balaban J connectivity index is 0. The van der Waals surface area contributed by atoms with Crippen LogP contribution in [0.5, 0.6) is 0 Å². The standard InChI is InChI=1S/C17H22O2SSi.C13H22O3S2Si.C11H30O4SSi3.C9H24O3SSi2.CH4/c1-2-13-18-21(19-14-15-20,16-9-5-3-6-10-16)17-11-7-4-8-12-17;1-2-8-14-19(15-9-11-17,16-10-12-18)13-6-4-3-5-7-13;1-8-9-12-17(2,3)14-19(6,7)15-18(4,5)13-10-11-16;1-6-7-10-14(2,3)12-15(4,5)11-8-9-13;/h3-12,20H,2,13-15H2,1H3;3-7,17-18H,2,8-12H2,1H3;16H,8-11H2,1-7H3;13H,6-9H2,1-5H3;1H4. The van der Waals surface area contributed by atoms with E-state index >= 15 is 0 Å². The molecule has 0 bridgehead atoms. The van der Waals surface area contributed by atoms with E-state index in [2.05, 4.69) is 181 Å². The van der Waals surface area contributed by atoms with Crippen molar-refractivity contribution in [1.29, 1.82) is 0 Å². The number of thiol groups is 5. The summed E-state index contributed by atoms with van der Waals surface area (Å²) in [6.45, 7) is 34.8. The lowest BCUT2D eigenvalue weighted by molar-refractivity contribution is 0.0832. The van der Waals surface area contributed by atoms with Crippen LogP contribution >= 0.6 is 63.1 Å². The van der Waals surface area contributed by atoms with Crippen molar-refractivity contribution in [3.8, 4) is 0 Å². The maximum atomic E-state index is 6.34. The van der Waals surface area contributed by atoms with Gasteiger partial charge >= 0.3 is 60.2 Å². The first-order chi connectivity index (χ1) is 35.0. The monoisotopic (exact) mass is 1260 g/mol. The zero-order valence-corrected chi connectivity index (χ0v) is 59.0. The molecule has 436 valence electrons. The molecule has 0 spiro atoms. The van der Waals surface area contributed by atoms with E-state index in [-0.39, 0.29) is 7.43 Å². The summed E-state index contributed by atoms with van der Waals surface area (Å²) >= 11 is 21.0. The predicted octanol–water partition coefficient (Wildman–Crippen LogP) is 11.7. The van der Waals surface area contributed by atoms with Crippen LogP contribution < -0.4 is 15.6 Å². The predicted molar refractivity (Wildman–Crippen MR) is 351 cm³/mol. The van der Waals surface area contributed by atoms with Crippen LogP contribution in [0, 0.1) is 0 Å². The summed E-state index contributed by atoms with van der Waals surface area (Å²) < 4.78 is 72.0. The fourth-order valence-electron chi connectivity index (χ4n) is 7.10. The zero-order chi connectivity index (χ0) is 56.1. The van der Waals surface area contributed by atoms with Gasteiger partial charge in [0.25, 0.3) is 0 Å². The van der Waals surface area contributed by atoms with Gasteiger partial charge in [-0.05, 0) is 102 Å². The molecule has 0 unspecified atom stereocenters. The number of hydrogen-bond donors (Lipinski definition) is 5. The quantitative estimate of drug-likeness (QED) is 0.0282. The van der Waals surface area contributed by atoms with Gasteiger partial charge in [-0.15, -0.1) is 0 Å². The highest BCUT2D eigenvalue weighted by Gasteiger charge is 2.45. The number of hydrogen-bond acceptors (Lipinski definition) is 17. The van der Waals surface area contributed by atoms with Crippen molar-refractivity contribution < 1.29 is 52.2 Å². The summed E-state index contributed by atoms with van der Waals surface area (Å²) in [6, 6.07) is 30.5. The summed E-state index contributed by atoms with van der Waals surface area (Å²) in [5.41, 5.74) is 0. The SMILES string of the molecule is C.CCCO[Si](C)(C)O[Si](C)(C)OCCS.CCCO[Si](C)(C)O[Si](C)(C)O[Si](C)(C)OCCS.CCCO[Si](OCCS)(OCCS)c1ccccc1.CCCO[Si](OCCS)(c1ccccc1)c1ccccc1. The van der Waals surface area contributed by atoms with E-state index in [0.717, 1.165) is 60.2 Å². The molecule has 0 aliphatic heterocycles. The van der Waals surface area contributed by atoms with Gasteiger partial charge in [0.05, 0.1) is 0 Å². The van der Waals surface area contributed by atoms with Crippen molar-refractivity contribution in [2.75, 3.05) is 88.2 Å². The molecule has 0 saturated heterocycles. The van der Waals surface area contributed by atoms with Crippen LogP contribution in [0.3, 0.4) is 0 Å². The normalized spacial score (nSPS) is 12.4. The fourth-order valence-corrected chi connectivity index (χ4v) is 32.5. The molecule has 0 atom stereocenters. The molecule has 0 aliphatic carbocycles. The first-order valence-electron chi connectivity index (χ1n) is 26.1. The van der Waals surface area contributed by atoms with E-state index in [1.165, 1.54) is 0 Å². The summed E-state index contributed by atoms with van der Waals surface area (Å²) in [5, 5.41) is 3.28. The average Bonchev–Trinajstić information content (AvgIpc) is 3.37. The van der Waals surface area contributed by atoms with E-state index in [9.17, 15) is 0 Å². The molecule has 3 aromatic carbocycles. The second-order valence-electron chi connectivity index (χ2n) is 18.8. The Bertz CT molecular complexity index is 1680. The van der Waals surface area contributed by atoms with Crippen LogP contribution in [0.25, 0.3) is 0 Å². The molecule has 3 aromatic rings. The van der Waals surface area contributed by atoms with Gasteiger partial charge in [0, 0.05) is 93.4 Å². The molecule has 0 heterocycles. The lowest BCUT2D eigenvalue weighted by Crippen LogP contribution is -2.63. The van der Waals surface area contributed by atoms with Gasteiger partial charge in [0.2, 0.25) is 0 Å². The number of rotatable bonds is 36. The molecule has 0 aromatic heterocycles. The highest BCUT2D eigenvalue weighted by atomic mass is 32.1. The minimum atomic E-state index is -2.83. The highest BCUT2D eigenvalue weighted by Crippen LogP contribution is 2.22. The van der Waals surface area contributed by atoms with Gasteiger partial charge < -0.3 is 52.2 Å². The second-order valence-corrected chi connectivity index (χ2v) is 44.2. The molecule has 24 heteroatoms. The van der Waals surface area contributed by atoms with Gasteiger partial charge in [0.15, 0.2) is 0 Å². The molecule has 0 radical (unpaired) electrons. The molecular weight excluding hydrogens is 1160 g/mol. The Labute approximate surface area is 492 Å². The molecule has 0 N–H and O–H groups in total. The van der Waals surface area contributed by atoms with Gasteiger partial charge in [0.1, 0.15) is 0 Å². The summed E-state index contributed by atoms with van der Waals surface area (Å²) in [4.78, 5) is 0. The maximum absolute atomic E-state index is 6.34. The Morgan fingerprint density at radius 2 is 0.520 bits per heavy atom. The van der Waals surface area contributed by atoms with Crippen molar-refractivity contribution >= 4 is 139 Å². The third-order valence-electron chi connectivity index (χ3n) is 9.47. The molecule has 0 amide bonds. The van der Waals surface area contributed by atoms with Crippen LogP contribution in [-0.4, -0.2) is 148 Å². The van der Waals surface area contributed by atoms with Gasteiger partial charge in [-0.1, -0.05) is 126 Å². The van der Waals surface area contributed by atoms with Crippen LogP contribution in [0.1, 0.15) is 60.8 Å². The van der Waals surface area contributed by atoms with Gasteiger partial charge in [-0.2, -0.15) is 63.1 Å². The lowest BCUT2D eigenvalue weighted by Gasteiger charge is -2.37. The van der Waals surface area contributed by atoms with Crippen LogP contribution in [0.4, 0.5) is 0 Å². The van der Waals surface area contributed by atoms with E-state index in [4.69, 9.17) is 52.2 Å². The van der Waals surface area contributed by atoms with Crippen molar-refractivity contribution in [1.82, 2.24) is 0 Å². The lowest BCUT2D eigenvalue weighted by atomic mass is 10.4. The molecule has 0 saturated carbocycles. The smallest absolute Gasteiger partial charge is 0.415 e. The van der Waals surface area contributed by atoms with Crippen molar-refractivity contribution in [3.63, 3.8) is 0 Å². The van der Waals surface area contributed by atoms with E-state index in [0.29, 0.717) is 69.3 Å². The van der Waals surface area contributed by atoms with Crippen LogP contribution in [0.15, 0.2) is 91.0 Å². The Kier molecular flexibility index (Phi) is 44.6. The molecule has 0 fully saturated rings. The Hall–Kier alpha value is 0.448. The van der Waals surface area contributed by atoms with E-state index in [1.54, 1.807) is 0 Å². The van der Waals surface area contributed by atoms with Gasteiger partial charge in [-0.25, -0.2) is 0 Å². The summed E-state index contributed by atoms with van der Waals surface area (Å²) in [6.07, 6.45) is 3.93.